The molecule has 21 heavy (non-hydrogen) atoms. The lowest BCUT2D eigenvalue weighted by Gasteiger charge is -2.21. The second kappa shape index (κ2) is 5.88. The van der Waals surface area contributed by atoms with Crippen molar-refractivity contribution in [3.63, 3.8) is 0 Å². The first-order valence-corrected chi connectivity index (χ1v) is 8.24. The van der Waals surface area contributed by atoms with Gasteiger partial charge in [0.15, 0.2) is 11.5 Å². The van der Waals surface area contributed by atoms with Crippen LogP contribution in [-0.2, 0) is 6.42 Å². The Balaban J connectivity index is 1.59. The van der Waals surface area contributed by atoms with Crippen molar-refractivity contribution in [1.29, 1.82) is 0 Å². The standard InChI is InChI=1S/C18H27NO2/c1-13(12-19-15-8-4-5-9-15)20-16-10-6-7-14-11-18(2,3)21-17(14)16/h6-7,10,13,15,19H,4-5,8-9,11-12H2,1-3H3. The van der Waals surface area contributed by atoms with E-state index in [0.717, 1.165) is 24.5 Å². The highest BCUT2D eigenvalue weighted by atomic mass is 16.5. The summed E-state index contributed by atoms with van der Waals surface area (Å²) in [5.74, 6) is 1.83. The molecule has 0 aromatic heterocycles. The smallest absolute Gasteiger partial charge is 0.165 e. The molecule has 1 aromatic rings. The summed E-state index contributed by atoms with van der Waals surface area (Å²) in [6, 6.07) is 6.91. The van der Waals surface area contributed by atoms with E-state index in [2.05, 4.69) is 38.2 Å². The number of hydrogen-bond donors (Lipinski definition) is 1. The Kier molecular flexibility index (Phi) is 4.12. The Hall–Kier alpha value is -1.22. The molecule has 1 aromatic carbocycles. The highest BCUT2D eigenvalue weighted by Crippen LogP contribution is 2.42. The Morgan fingerprint density at radius 1 is 1.33 bits per heavy atom. The van der Waals surface area contributed by atoms with E-state index in [-0.39, 0.29) is 11.7 Å². The second-order valence-corrected chi connectivity index (χ2v) is 7.10. The first-order chi connectivity index (χ1) is 10.0. The predicted octanol–water partition coefficient (Wildman–Crippen LogP) is 3.70. The van der Waals surface area contributed by atoms with Crippen LogP contribution in [0.25, 0.3) is 0 Å². The Labute approximate surface area is 128 Å². The molecule has 1 aliphatic heterocycles. The Bertz CT molecular complexity index is 492. The highest BCUT2D eigenvalue weighted by Gasteiger charge is 2.32. The fraction of sp³-hybridized carbons (Fsp3) is 0.667. The molecule has 1 saturated carbocycles. The maximum atomic E-state index is 6.12. The van der Waals surface area contributed by atoms with Crippen LogP contribution in [0.3, 0.4) is 0 Å². The van der Waals surface area contributed by atoms with Crippen LogP contribution in [0.5, 0.6) is 11.5 Å². The molecule has 1 N–H and O–H groups in total. The molecule has 3 rings (SSSR count). The van der Waals surface area contributed by atoms with Crippen molar-refractivity contribution in [2.75, 3.05) is 6.54 Å². The molecule has 3 nitrogen and oxygen atoms in total. The minimum absolute atomic E-state index is 0.118. The van der Waals surface area contributed by atoms with Gasteiger partial charge in [-0.05, 0) is 39.7 Å². The van der Waals surface area contributed by atoms with E-state index in [4.69, 9.17) is 9.47 Å². The van der Waals surface area contributed by atoms with Gasteiger partial charge in [-0.3, -0.25) is 0 Å². The van der Waals surface area contributed by atoms with E-state index in [1.54, 1.807) is 0 Å². The van der Waals surface area contributed by atoms with Gasteiger partial charge in [-0.25, -0.2) is 0 Å². The number of ether oxygens (including phenoxy) is 2. The molecule has 0 bridgehead atoms. The average Bonchev–Trinajstić information content (AvgIpc) is 3.02. The molecular formula is C18H27NO2. The van der Waals surface area contributed by atoms with Gasteiger partial charge in [-0.1, -0.05) is 25.0 Å². The molecule has 0 amide bonds. The monoisotopic (exact) mass is 289 g/mol. The van der Waals surface area contributed by atoms with E-state index in [9.17, 15) is 0 Å². The van der Waals surface area contributed by atoms with Gasteiger partial charge in [-0.15, -0.1) is 0 Å². The lowest BCUT2D eigenvalue weighted by Crippen LogP contribution is -2.35. The quantitative estimate of drug-likeness (QED) is 0.896. The first kappa shape index (κ1) is 14.7. The first-order valence-electron chi connectivity index (χ1n) is 8.24. The molecule has 116 valence electrons. The zero-order valence-electron chi connectivity index (χ0n) is 13.4. The normalized spacial score (nSPS) is 21.9. The van der Waals surface area contributed by atoms with E-state index >= 15 is 0 Å². The van der Waals surface area contributed by atoms with Crippen LogP contribution in [0.4, 0.5) is 0 Å². The summed E-state index contributed by atoms with van der Waals surface area (Å²) in [7, 11) is 0. The summed E-state index contributed by atoms with van der Waals surface area (Å²) < 4.78 is 12.2. The fourth-order valence-electron chi connectivity index (χ4n) is 3.40. The molecular weight excluding hydrogens is 262 g/mol. The predicted molar refractivity (Wildman–Crippen MR) is 85.2 cm³/mol. The van der Waals surface area contributed by atoms with Gasteiger partial charge in [0.1, 0.15) is 11.7 Å². The van der Waals surface area contributed by atoms with E-state index < -0.39 is 0 Å². The summed E-state index contributed by atoms with van der Waals surface area (Å²) in [6.45, 7) is 7.28. The third kappa shape index (κ3) is 3.52. The number of fused-ring (bicyclic) bond motifs is 1. The molecule has 1 atom stereocenters. The van der Waals surface area contributed by atoms with Gasteiger partial charge in [0.25, 0.3) is 0 Å². The van der Waals surface area contributed by atoms with Crippen molar-refractivity contribution in [3.8, 4) is 11.5 Å². The molecule has 1 aliphatic carbocycles. The molecule has 2 aliphatic rings. The summed E-state index contributed by atoms with van der Waals surface area (Å²) in [5, 5.41) is 3.62. The molecule has 3 heteroatoms. The van der Waals surface area contributed by atoms with Crippen LogP contribution in [-0.4, -0.2) is 24.3 Å². The maximum Gasteiger partial charge on any atom is 0.165 e. The average molecular weight is 289 g/mol. The van der Waals surface area contributed by atoms with Crippen molar-refractivity contribution >= 4 is 0 Å². The number of rotatable bonds is 5. The van der Waals surface area contributed by atoms with Gasteiger partial charge in [0.2, 0.25) is 0 Å². The maximum absolute atomic E-state index is 6.12. The molecule has 1 heterocycles. The summed E-state index contributed by atoms with van der Waals surface area (Å²) in [4.78, 5) is 0. The molecule has 1 unspecified atom stereocenters. The largest absolute Gasteiger partial charge is 0.485 e. The van der Waals surface area contributed by atoms with Crippen LogP contribution < -0.4 is 14.8 Å². The Morgan fingerprint density at radius 3 is 2.86 bits per heavy atom. The lowest BCUT2D eigenvalue weighted by molar-refractivity contribution is 0.126. The molecule has 0 radical (unpaired) electrons. The van der Waals surface area contributed by atoms with Gasteiger partial charge in [0, 0.05) is 24.6 Å². The van der Waals surface area contributed by atoms with Crippen LogP contribution >= 0.6 is 0 Å². The van der Waals surface area contributed by atoms with Crippen LogP contribution in [0.1, 0.15) is 52.0 Å². The third-order valence-corrected chi connectivity index (χ3v) is 4.43. The second-order valence-electron chi connectivity index (χ2n) is 7.10. The highest BCUT2D eigenvalue weighted by molar-refractivity contribution is 5.50. The van der Waals surface area contributed by atoms with Crippen molar-refractivity contribution in [3.05, 3.63) is 23.8 Å². The van der Waals surface area contributed by atoms with Crippen molar-refractivity contribution < 1.29 is 9.47 Å². The number of hydrogen-bond acceptors (Lipinski definition) is 3. The van der Waals surface area contributed by atoms with E-state index in [1.165, 1.54) is 31.2 Å². The third-order valence-electron chi connectivity index (χ3n) is 4.43. The molecule has 0 saturated heterocycles. The molecule has 1 fully saturated rings. The van der Waals surface area contributed by atoms with E-state index in [1.807, 2.05) is 6.07 Å². The SMILES string of the molecule is CC(CNC1CCCC1)Oc1cccc2c1OC(C)(C)C2. The number of nitrogens with one attached hydrogen (secondary N) is 1. The molecule has 0 spiro atoms. The van der Waals surface area contributed by atoms with Crippen LogP contribution in [0, 0.1) is 0 Å². The summed E-state index contributed by atoms with van der Waals surface area (Å²) in [6.07, 6.45) is 6.46. The number of benzene rings is 1. The Morgan fingerprint density at radius 2 is 2.10 bits per heavy atom. The minimum atomic E-state index is -0.118. The fourth-order valence-corrected chi connectivity index (χ4v) is 3.40. The summed E-state index contributed by atoms with van der Waals surface area (Å²) in [5.41, 5.74) is 1.14. The minimum Gasteiger partial charge on any atom is -0.485 e. The lowest BCUT2D eigenvalue weighted by atomic mass is 10.0. The van der Waals surface area contributed by atoms with Crippen LogP contribution in [0.15, 0.2) is 18.2 Å². The van der Waals surface area contributed by atoms with Crippen molar-refractivity contribution in [2.45, 2.75) is 70.6 Å². The van der Waals surface area contributed by atoms with Crippen LogP contribution in [0.2, 0.25) is 0 Å². The topological polar surface area (TPSA) is 30.5 Å². The van der Waals surface area contributed by atoms with Gasteiger partial charge < -0.3 is 14.8 Å². The number of para-hydroxylation sites is 1. The van der Waals surface area contributed by atoms with Crippen molar-refractivity contribution in [1.82, 2.24) is 5.32 Å². The van der Waals surface area contributed by atoms with Gasteiger partial charge >= 0.3 is 0 Å². The van der Waals surface area contributed by atoms with E-state index in [0.29, 0.717) is 6.04 Å². The summed E-state index contributed by atoms with van der Waals surface area (Å²) >= 11 is 0. The zero-order valence-corrected chi connectivity index (χ0v) is 13.4. The van der Waals surface area contributed by atoms with Gasteiger partial charge in [-0.2, -0.15) is 0 Å². The van der Waals surface area contributed by atoms with Gasteiger partial charge in [0.05, 0.1) is 0 Å². The van der Waals surface area contributed by atoms with Crippen molar-refractivity contribution in [2.24, 2.45) is 0 Å². The zero-order chi connectivity index (χ0) is 14.9.